The van der Waals surface area contributed by atoms with E-state index in [-0.39, 0.29) is 5.82 Å². The maximum atomic E-state index is 13.8. The molecule has 1 N–H and O–H groups in total. The Morgan fingerprint density at radius 2 is 1.88 bits per heavy atom. The maximum Gasteiger partial charge on any atom is 0.147 e. The van der Waals surface area contributed by atoms with E-state index in [4.69, 9.17) is 16.6 Å². The number of aromatic nitrogens is 3. The molecule has 0 amide bonds. The maximum absolute atomic E-state index is 13.8. The molecule has 2 heterocycles. The lowest BCUT2D eigenvalue weighted by Crippen LogP contribution is -2.09. The minimum absolute atomic E-state index is 0.344. The lowest BCUT2D eigenvalue weighted by molar-refractivity contribution is 0.428. The molecule has 32 heavy (non-hydrogen) atoms. The van der Waals surface area contributed by atoms with Gasteiger partial charge in [0.2, 0.25) is 0 Å². The first kappa shape index (κ1) is 21.0. The molecule has 2 aromatic heterocycles. The van der Waals surface area contributed by atoms with Crippen LogP contribution in [0.15, 0.2) is 54.9 Å². The molecule has 164 valence electrons. The highest BCUT2D eigenvalue weighted by atomic mass is 35.5. The highest BCUT2D eigenvalue weighted by Gasteiger charge is 2.23. The Morgan fingerprint density at radius 3 is 2.59 bits per heavy atom. The summed E-state index contributed by atoms with van der Waals surface area (Å²) in [5.74, 6) is 1.75. The van der Waals surface area contributed by atoms with Crippen molar-refractivity contribution in [1.29, 1.82) is 0 Å². The molecule has 1 fully saturated rings. The summed E-state index contributed by atoms with van der Waals surface area (Å²) in [6, 6.07) is 13.0. The summed E-state index contributed by atoms with van der Waals surface area (Å²) in [5, 5.41) is 3.53. The highest BCUT2D eigenvalue weighted by molar-refractivity contribution is 6.30. The number of nitrogens with zero attached hydrogens (tertiary/aromatic N) is 3. The molecule has 0 unspecified atom stereocenters. The Bertz CT molecular complexity index is 1220. The lowest BCUT2D eigenvalue weighted by Gasteiger charge is -2.20. The van der Waals surface area contributed by atoms with Crippen LogP contribution in [0.5, 0.6) is 0 Å². The fourth-order valence-electron chi connectivity index (χ4n) is 4.61. The van der Waals surface area contributed by atoms with E-state index in [0.717, 1.165) is 41.9 Å². The fourth-order valence-corrected chi connectivity index (χ4v) is 4.83. The topological polar surface area (TPSA) is 42.2 Å². The van der Waals surface area contributed by atoms with Crippen LogP contribution in [0.25, 0.3) is 16.8 Å². The van der Waals surface area contributed by atoms with Gasteiger partial charge in [-0.25, -0.2) is 14.4 Å². The predicted molar refractivity (Wildman–Crippen MR) is 128 cm³/mol. The second-order valence-electron chi connectivity index (χ2n) is 8.51. The average molecular weight is 449 g/mol. The van der Waals surface area contributed by atoms with Crippen molar-refractivity contribution in [3.8, 4) is 11.3 Å². The van der Waals surface area contributed by atoms with Gasteiger partial charge in [-0.15, -0.1) is 0 Å². The van der Waals surface area contributed by atoms with Gasteiger partial charge in [0.05, 0.1) is 23.6 Å². The first-order chi connectivity index (χ1) is 15.6. The predicted octanol–water partition coefficient (Wildman–Crippen LogP) is 7.54. The second kappa shape index (κ2) is 8.91. The third kappa shape index (κ3) is 4.22. The van der Waals surface area contributed by atoms with Crippen LogP contribution in [0.4, 0.5) is 15.9 Å². The van der Waals surface area contributed by atoms with E-state index in [9.17, 15) is 4.39 Å². The SMILES string of the molecule is CCc1ccc(-c2nc(C3CCCCC3)n3cc(Nc4cc(F)cc(Cl)c4)ncc23)cc1. The molecule has 0 atom stereocenters. The summed E-state index contributed by atoms with van der Waals surface area (Å²) in [7, 11) is 0. The van der Waals surface area contributed by atoms with Crippen molar-refractivity contribution in [2.24, 2.45) is 0 Å². The van der Waals surface area contributed by atoms with E-state index in [2.05, 4.69) is 45.9 Å². The van der Waals surface area contributed by atoms with Gasteiger partial charge in [0, 0.05) is 22.2 Å². The Labute approximate surface area is 192 Å². The van der Waals surface area contributed by atoms with Gasteiger partial charge in [-0.2, -0.15) is 0 Å². The van der Waals surface area contributed by atoms with E-state index in [1.165, 1.54) is 37.0 Å². The van der Waals surface area contributed by atoms with Crippen LogP contribution in [0.1, 0.15) is 56.3 Å². The molecule has 1 saturated carbocycles. The van der Waals surface area contributed by atoms with Crippen molar-refractivity contribution >= 4 is 28.6 Å². The van der Waals surface area contributed by atoms with E-state index in [1.807, 2.05) is 12.4 Å². The number of imidazole rings is 1. The molecule has 2 aromatic carbocycles. The van der Waals surface area contributed by atoms with Gasteiger partial charge in [-0.05, 0) is 43.0 Å². The van der Waals surface area contributed by atoms with Crippen molar-refractivity contribution in [2.45, 2.75) is 51.4 Å². The molecule has 0 saturated heterocycles. The Balaban J connectivity index is 1.59. The van der Waals surface area contributed by atoms with Crippen molar-refractivity contribution in [3.05, 3.63) is 77.1 Å². The molecule has 0 spiro atoms. The molecular formula is C26H26ClFN4. The molecule has 6 heteroatoms. The van der Waals surface area contributed by atoms with Gasteiger partial charge in [-0.1, -0.05) is 62.1 Å². The van der Waals surface area contributed by atoms with Crippen molar-refractivity contribution in [1.82, 2.24) is 14.4 Å². The molecule has 1 aliphatic carbocycles. The molecule has 1 aliphatic rings. The Kier molecular flexibility index (Phi) is 5.83. The van der Waals surface area contributed by atoms with Crippen LogP contribution in [0.2, 0.25) is 5.02 Å². The molecular weight excluding hydrogens is 423 g/mol. The summed E-state index contributed by atoms with van der Waals surface area (Å²) in [6.07, 6.45) is 10.9. The number of halogens is 2. The van der Waals surface area contributed by atoms with Gasteiger partial charge in [-0.3, -0.25) is 4.40 Å². The van der Waals surface area contributed by atoms with Crippen LogP contribution in [0.3, 0.4) is 0 Å². The van der Waals surface area contributed by atoms with Crippen molar-refractivity contribution in [3.63, 3.8) is 0 Å². The summed E-state index contributed by atoms with van der Waals surface area (Å²) in [6.45, 7) is 2.16. The number of anilines is 2. The van der Waals surface area contributed by atoms with Gasteiger partial charge >= 0.3 is 0 Å². The van der Waals surface area contributed by atoms with E-state index in [0.29, 0.717) is 22.4 Å². The summed E-state index contributed by atoms with van der Waals surface area (Å²) < 4.78 is 15.9. The minimum Gasteiger partial charge on any atom is -0.339 e. The largest absolute Gasteiger partial charge is 0.339 e. The van der Waals surface area contributed by atoms with Crippen LogP contribution >= 0.6 is 11.6 Å². The number of fused-ring (bicyclic) bond motifs is 1. The van der Waals surface area contributed by atoms with Crippen molar-refractivity contribution < 1.29 is 4.39 Å². The summed E-state index contributed by atoms with van der Waals surface area (Å²) in [5.41, 5.74) is 4.92. The van der Waals surface area contributed by atoms with Gasteiger partial charge < -0.3 is 5.32 Å². The second-order valence-corrected chi connectivity index (χ2v) is 8.95. The Morgan fingerprint density at radius 1 is 1.09 bits per heavy atom. The van der Waals surface area contributed by atoms with E-state index in [1.54, 1.807) is 6.07 Å². The van der Waals surface area contributed by atoms with Crippen LogP contribution in [0, 0.1) is 5.82 Å². The molecule has 5 rings (SSSR count). The van der Waals surface area contributed by atoms with Gasteiger partial charge in [0.1, 0.15) is 17.5 Å². The quantitative estimate of drug-likeness (QED) is 0.343. The minimum atomic E-state index is -0.385. The third-order valence-corrected chi connectivity index (χ3v) is 6.51. The smallest absolute Gasteiger partial charge is 0.147 e. The summed E-state index contributed by atoms with van der Waals surface area (Å²) >= 11 is 6.02. The zero-order valence-corrected chi connectivity index (χ0v) is 18.9. The summed E-state index contributed by atoms with van der Waals surface area (Å²) in [4.78, 5) is 9.73. The van der Waals surface area contributed by atoms with Crippen LogP contribution in [-0.4, -0.2) is 14.4 Å². The molecule has 0 radical (unpaired) electrons. The van der Waals surface area contributed by atoms with Crippen LogP contribution < -0.4 is 5.32 Å². The zero-order valence-electron chi connectivity index (χ0n) is 18.1. The molecule has 0 aliphatic heterocycles. The first-order valence-corrected chi connectivity index (χ1v) is 11.7. The van der Waals surface area contributed by atoms with Gasteiger partial charge in [0.15, 0.2) is 0 Å². The monoisotopic (exact) mass is 448 g/mol. The lowest BCUT2D eigenvalue weighted by atomic mass is 9.89. The zero-order chi connectivity index (χ0) is 22.1. The normalized spacial score (nSPS) is 14.7. The van der Waals surface area contributed by atoms with E-state index < -0.39 is 0 Å². The van der Waals surface area contributed by atoms with Gasteiger partial charge in [0.25, 0.3) is 0 Å². The fraction of sp³-hybridized carbons (Fsp3) is 0.308. The number of hydrogen-bond donors (Lipinski definition) is 1. The first-order valence-electron chi connectivity index (χ1n) is 11.3. The number of nitrogens with one attached hydrogen (secondary N) is 1. The number of hydrogen-bond acceptors (Lipinski definition) is 3. The third-order valence-electron chi connectivity index (χ3n) is 6.29. The Hall–Kier alpha value is -2.92. The molecule has 0 bridgehead atoms. The van der Waals surface area contributed by atoms with Crippen LogP contribution in [-0.2, 0) is 6.42 Å². The number of rotatable bonds is 5. The molecule has 4 aromatic rings. The standard InChI is InChI=1S/C26H26ClFN4/c1-2-17-8-10-18(11-9-17)25-23-15-29-24(30-22-13-20(27)12-21(28)14-22)16-32(23)26(31-25)19-6-4-3-5-7-19/h8-16,19,30H,2-7H2,1H3. The van der Waals surface area contributed by atoms with E-state index >= 15 is 0 Å². The number of aryl methyl sites for hydroxylation is 1. The number of benzene rings is 2. The molecule has 4 nitrogen and oxygen atoms in total. The highest BCUT2D eigenvalue weighted by Crippen LogP contribution is 2.36. The van der Waals surface area contributed by atoms with Crippen molar-refractivity contribution in [2.75, 3.05) is 5.32 Å². The average Bonchev–Trinajstić information content (AvgIpc) is 3.18.